The maximum absolute atomic E-state index is 4.89. The smallest absolute Gasteiger partial charge is 0.156 e. The summed E-state index contributed by atoms with van der Waals surface area (Å²) in [6, 6.07) is 11.6. The third-order valence-corrected chi connectivity index (χ3v) is 6.53. The number of aromatic nitrogens is 1. The fourth-order valence-electron chi connectivity index (χ4n) is 4.65. The Hall–Kier alpha value is -2.20. The molecule has 2 aliphatic heterocycles. The molecule has 0 unspecified atom stereocenters. The number of aliphatic imine (C=N–C) groups is 1. The lowest BCUT2D eigenvalue weighted by Crippen LogP contribution is -2.47. The molecule has 0 spiro atoms. The molecule has 0 aliphatic carbocycles. The number of rotatable bonds is 3. The van der Waals surface area contributed by atoms with Gasteiger partial charge >= 0.3 is 0 Å². The number of hydrogen-bond donors (Lipinski definition) is 0. The van der Waals surface area contributed by atoms with Gasteiger partial charge in [0.25, 0.3) is 0 Å². The number of hydrogen-bond acceptors (Lipinski definition) is 3. The van der Waals surface area contributed by atoms with Crippen LogP contribution < -0.4 is 0 Å². The lowest BCUT2D eigenvalue weighted by Gasteiger charge is -2.40. The number of amidine groups is 1. The standard InChI is InChI=1S/C25H34N4/c1-19-7-9-22(10-8-19)23-17-20(2)25(26-18-23)27-21(3)28-15-11-24(12-16-28)29-13-5-4-6-14-29/h7-10,17-18,24H,4-6,11-16H2,1-3H3. The van der Waals surface area contributed by atoms with Crippen molar-refractivity contribution in [1.82, 2.24) is 14.8 Å². The Labute approximate surface area is 175 Å². The Balaban J connectivity index is 1.40. The van der Waals surface area contributed by atoms with Crippen molar-refractivity contribution < 1.29 is 0 Å². The van der Waals surface area contributed by atoms with Crippen molar-refractivity contribution >= 4 is 11.7 Å². The van der Waals surface area contributed by atoms with E-state index in [1.54, 1.807) is 0 Å². The maximum Gasteiger partial charge on any atom is 0.156 e. The molecule has 4 heteroatoms. The number of piperidine rings is 2. The second-order valence-corrected chi connectivity index (χ2v) is 8.70. The van der Waals surface area contributed by atoms with E-state index in [-0.39, 0.29) is 0 Å². The van der Waals surface area contributed by atoms with E-state index < -0.39 is 0 Å². The molecule has 0 bridgehead atoms. The fraction of sp³-hybridized carbons (Fsp3) is 0.520. The highest BCUT2D eigenvalue weighted by Gasteiger charge is 2.26. The minimum Gasteiger partial charge on any atom is -0.360 e. The maximum atomic E-state index is 4.89. The van der Waals surface area contributed by atoms with E-state index in [4.69, 9.17) is 4.99 Å². The number of pyridine rings is 1. The zero-order valence-electron chi connectivity index (χ0n) is 18.2. The highest BCUT2D eigenvalue weighted by Crippen LogP contribution is 2.26. The summed E-state index contributed by atoms with van der Waals surface area (Å²) in [6.45, 7) is 11.2. The SMILES string of the molecule is CC(=Nc1ncc(-c2ccc(C)cc2)cc1C)N1CCC(N2CCCCC2)CC1. The lowest BCUT2D eigenvalue weighted by atomic mass is 10.00. The van der Waals surface area contributed by atoms with Gasteiger partial charge in [0.2, 0.25) is 0 Å². The monoisotopic (exact) mass is 390 g/mol. The zero-order valence-corrected chi connectivity index (χ0v) is 18.2. The van der Waals surface area contributed by atoms with Gasteiger partial charge in [0.15, 0.2) is 5.82 Å². The summed E-state index contributed by atoms with van der Waals surface area (Å²) >= 11 is 0. The highest BCUT2D eigenvalue weighted by molar-refractivity contribution is 5.82. The van der Waals surface area contributed by atoms with Crippen LogP contribution in [0, 0.1) is 13.8 Å². The molecule has 1 aromatic heterocycles. The Morgan fingerprint density at radius 1 is 0.931 bits per heavy atom. The molecule has 0 N–H and O–H groups in total. The zero-order chi connectivity index (χ0) is 20.2. The van der Waals surface area contributed by atoms with Gasteiger partial charge in [-0.15, -0.1) is 0 Å². The van der Waals surface area contributed by atoms with E-state index in [2.05, 4.69) is 65.9 Å². The van der Waals surface area contributed by atoms with Gasteiger partial charge in [-0.25, -0.2) is 9.98 Å². The van der Waals surface area contributed by atoms with Crippen LogP contribution in [0.3, 0.4) is 0 Å². The first kappa shape index (κ1) is 20.1. The predicted molar refractivity (Wildman–Crippen MR) is 122 cm³/mol. The van der Waals surface area contributed by atoms with Crippen LogP contribution in [0.1, 0.15) is 50.2 Å². The summed E-state index contributed by atoms with van der Waals surface area (Å²) in [6.07, 6.45) is 8.63. The molecular weight excluding hydrogens is 356 g/mol. The van der Waals surface area contributed by atoms with Gasteiger partial charge in [0.1, 0.15) is 5.84 Å². The van der Waals surface area contributed by atoms with Crippen molar-refractivity contribution in [2.45, 2.75) is 58.9 Å². The van der Waals surface area contributed by atoms with Crippen molar-refractivity contribution in [3.05, 3.63) is 47.7 Å². The first-order chi connectivity index (χ1) is 14.1. The van der Waals surface area contributed by atoms with E-state index in [1.165, 1.54) is 56.3 Å². The number of nitrogens with zero attached hydrogens (tertiary/aromatic N) is 4. The molecule has 0 radical (unpaired) electrons. The van der Waals surface area contributed by atoms with Crippen molar-refractivity contribution in [3.8, 4) is 11.1 Å². The molecule has 1 aromatic carbocycles. The van der Waals surface area contributed by atoms with Crippen LogP contribution in [0.4, 0.5) is 5.82 Å². The quantitative estimate of drug-likeness (QED) is 0.522. The molecule has 2 saturated heterocycles. The summed E-state index contributed by atoms with van der Waals surface area (Å²) in [7, 11) is 0. The van der Waals surface area contributed by atoms with Crippen LogP contribution in [0.5, 0.6) is 0 Å². The molecule has 0 saturated carbocycles. The summed E-state index contributed by atoms with van der Waals surface area (Å²) in [5.74, 6) is 1.94. The summed E-state index contributed by atoms with van der Waals surface area (Å²) < 4.78 is 0. The van der Waals surface area contributed by atoms with E-state index in [9.17, 15) is 0 Å². The van der Waals surface area contributed by atoms with Gasteiger partial charge in [-0.3, -0.25) is 0 Å². The van der Waals surface area contributed by atoms with Crippen molar-refractivity contribution in [2.24, 2.45) is 4.99 Å². The fourth-order valence-corrected chi connectivity index (χ4v) is 4.65. The Bertz CT molecular complexity index is 842. The van der Waals surface area contributed by atoms with Crippen molar-refractivity contribution in [2.75, 3.05) is 26.2 Å². The number of likely N-dealkylation sites (tertiary alicyclic amines) is 2. The van der Waals surface area contributed by atoms with Gasteiger partial charge in [-0.05, 0) is 76.7 Å². The Kier molecular flexibility index (Phi) is 6.29. The molecule has 4 rings (SSSR count). The number of benzene rings is 1. The second-order valence-electron chi connectivity index (χ2n) is 8.70. The summed E-state index contributed by atoms with van der Waals surface area (Å²) in [4.78, 5) is 14.7. The molecule has 0 amide bonds. The predicted octanol–water partition coefficient (Wildman–Crippen LogP) is 5.37. The molecule has 154 valence electrons. The molecule has 2 aliphatic rings. The molecule has 4 nitrogen and oxygen atoms in total. The van der Waals surface area contributed by atoms with Crippen LogP contribution >= 0.6 is 0 Å². The van der Waals surface area contributed by atoms with Gasteiger partial charge in [-0.2, -0.15) is 0 Å². The van der Waals surface area contributed by atoms with Crippen LogP contribution in [0.2, 0.25) is 0 Å². The van der Waals surface area contributed by atoms with Gasteiger partial charge in [-0.1, -0.05) is 36.2 Å². The molecular formula is C25H34N4. The summed E-state index contributed by atoms with van der Waals surface area (Å²) in [5, 5.41) is 0. The van der Waals surface area contributed by atoms with E-state index >= 15 is 0 Å². The van der Waals surface area contributed by atoms with Crippen molar-refractivity contribution in [1.29, 1.82) is 0 Å². The second kappa shape index (κ2) is 9.08. The van der Waals surface area contributed by atoms with E-state index in [1.807, 2.05) is 6.20 Å². The van der Waals surface area contributed by atoms with Crippen molar-refractivity contribution in [3.63, 3.8) is 0 Å². The Morgan fingerprint density at radius 2 is 1.62 bits per heavy atom. The Morgan fingerprint density at radius 3 is 2.28 bits per heavy atom. The largest absolute Gasteiger partial charge is 0.360 e. The van der Waals surface area contributed by atoms with Gasteiger partial charge in [0.05, 0.1) is 0 Å². The van der Waals surface area contributed by atoms with E-state index in [0.29, 0.717) is 0 Å². The molecule has 2 fully saturated rings. The van der Waals surface area contributed by atoms with Gasteiger partial charge in [0, 0.05) is 30.9 Å². The van der Waals surface area contributed by atoms with Crippen LogP contribution in [0.25, 0.3) is 11.1 Å². The highest BCUT2D eigenvalue weighted by atomic mass is 15.2. The van der Waals surface area contributed by atoms with Crippen LogP contribution in [-0.4, -0.2) is 52.8 Å². The van der Waals surface area contributed by atoms with Gasteiger partial charge < -0.3 is 9.80 Å². The average Bonchev–Trinajstić information content (AvgIpc) is 2.76. The first-order valence-corrected chi connectivity index (χ1v) is 11.2. The minimum atomic E-state index is 0.771. The molecule has 2 aromatic rings. The topological polar surface area (TPSA) is 31.7 Å². The first-order valence-electron chi connectivity index (χ1n) is 11.2. The number of aryl methyl sites for hydroxylation is 2. The third-order valence-electron chi connectivity index (χ3n) is 6.53. The van der Waals surface area contributed by atoms with Crippen LogP contribution in [-0.2, 0) is 0 Å². The van der Waals surface area contributed by atoms with Crippen LogP contribution in [0.15, 0.2) is 41.5 Å². The molecule has 0 atom stereocenters. The summed E-state index contributed by atoms with van der Waals surface area (Å²) in [5.41, 5.74) is 4.77. The molecule has 3 heterocycles. The lowest BCUT2D eigenvalue weighted by molar-refractivity contribution is 0.115. The van der Waals surface area contributed by atoms with E-state index in [0.717, 1.165) is 41.9 Å². The molecule has 29 heavy (non-hydrogen) atoms. The minimum absolute atomic E-state index is 0.771. The average molecular weight is 391 g/mol. The third kappa shape index (κ3) is 4.87. The normalized spacial score (nSPS) is 19.6.